The molecule has 0 N–H and O–H groups in total. The van der Waals surface area contributed by atoms with E-state index in [4.69, 9.17) is 27.9 Å². The van der Waals surface area contributed by atoms with E-state index in [1.807, 2.05) is 39.0 Å². The molecule has 1 aliphatic heterocycles. The summed E-state index contributed by atoms with van der Waals surface area (Å²) >= 11 is 12.1. The molecule has 2 unspecified atom stereocenters. The average molecular weight is 356 g/mol. The van der Waals surface area contributed by atoms with Crippen LogP contribution in [0.2, 0.25) is 10.0 Å². The van der Waals surface area contributed by atoms with E-state index < -0.39 is 5.60 Å². The molecule has 0 aliphatic carbocycles. The molecule has 3 nitrogen and oxygen atoms in total. The highest BCUT2D eigenvalue weighted by Crippen LogP contribution is 2.37. The van der Waals surface area contributed by atoms with E-state index in [1.165, 1.54) is 0 Å². The van der Waals surface area contributed by atoms with Crippen LogP contribution in [0.3, 0.4) is 0 Å². The highest BCUT2D eigenvalue weighted by atomic mass is 35.5. The van der Waals surface area contributed by atoms with Crippen molar-refractivity contribution >= 4 is 29.3 Å². The fourth-order valence-corrected chi connectivity index (χ4v) is 3.23. The van der Waals surface area contributed by atoms with E-state index in [2.05, 4.69) is 6.58 Å². The average Bonchev–Trinajstić information content (AvgIpc) is 2.85. The Labute approximate surface area is 148 Å². The normalized spacial score (nSPS) is 21.3. The van der Waals surface area contributed by atoms with Crippen molar-refractivity contribution in [3.8, 4) is 0 Å². The van der Waals surface area contributed by atoms with Crippen LogP contribution in [0.25, 0.3) is 0 Å². The lowest BCUT2D eigenvalue weighted by Crippen LogP contribution is -2.35. The molecule has 1 aliphatic rings. The Hall–Kier alpha value is -1.19. The Morgan fingerprint density at radius 3 is 2.61 bits per heavy atom. The maximum atomic E-state index is 12.3. The van der Waals surface area contributed by atoms with E-state index in [0.717, 1.165) is 12.0 Å². The number of rotatable bonds is 3. The van der Waals surface area contributed by atoms with Gasteiger partial charge in [-0.15, -0.1) is 6.58 Å². The lowest BCUT2D eigenvalue weighted by Gasteiger charge is -2.24. The smallest absolute Gasteiger partial charge is 0.410 e. The van der Waals surface area contributed by atoms with E-state index in [1.54, 1.807) is 11.0 Å². The third-order valence-electron chi connectivity index (χ3n) is 3.93. The molecule has 2 rings (SSSR count). The van der Waals surface area contributed by atoms with E-state index >= 15 is 0 Å². The minimum absolute atomic E-state index is 0.204. The van der Waals surface area contributed by atoms with E-state index in [-0.39, 0.29) is 12.0 Å². The minimum Gasteiger partial charge on any atom is -0.444 e. The first-order chi connectivity index (χ1) is 10.7. The third-order valence-corrected chi connectivity index (χ3v) is 4.67. The van der Waals surface area contributed by atoms with Crippen molar-refractivity contribution in [2.45, 2.75) is 38.7 Å². The molecule has 1 amide bonds. The van der Waals surface area contributed by atoms with Crippen LogP contribution in [0.15, 0.2) is 30.9 Å². The zero-order chi connectivity index (χ0) is 17.2. The number of ether oxygens (including phenoxy) is 1. The number of hydrogen-bond donors (Lipinski definition) is 0. The van der Waals surface area contributed by atoms with Gasteiger partial charge in [0.1, 0.15) is 5.60 Å². The van der Waals surface area contributed by atoms with Crippen molar-refractivity contribution in [3.05, 3.63) is 46.5 Å². The molecule has 126 valence electrons. The zero-order valence-electron chi connectivity index (χ0n) is 13.8. The predicted molar refractivity (Wildman–Crippen MR) is 95.3 cm³/mol. The van der Waals surface area contributed by atoms with E-state index in [0.29, 0.717) is 29.1 Å². The summed E-state index contributed by atoms with van der Waals surface area (Å²) in [5.74, 6) is 0.507. The number of allylic oxidation sites excluding steroid dienone is 1. The van der Waals surface area contributed by atoms with Crippen molar-refractivity contribution < 1.29 is 9.53 Å². The molecule has 0 aromatic heterocycles. The van der Waals surface area contributed by atoms with Gasteiger partial charge in [-0.2, -0.15) is 0 Å². The second kappa shape index (κ2) is 7.14. The quantitative estimate of drug-likeness (QED) is 0.668. The van der Waals surface area contributed by atoms with Gasteiger partial charge in [0.25, 0.3) is 0 Å². The van der Waals surface area contributed by atoms with Crippen molar-refractivity contribution in [1.82, 2.24) is 4.90 Å². The number of benzene rings is 1. The first kappa shape index (κ1) is 18.2. The lowest BCUT2D eigenvalue weighted by molar-refractivity contribution is 0.0287. The Bertz CT molecular complexity index is 595. The number of hydrogen-bond acceptors (Lipinski definition) is 2. The molecular formula is C18H23Cl2NO2. The molecule has 1 saturated heterocycles. The van der Waals surface area contributed by atoms with Crippen LogP contribution in [0.1, 0.15) is 38.7 Å². The molecule has 1 aromatic rings. The molecule has 0 radical (unpaired) electrons. The van der Waals surface area contributed by atoms with Crippen LogP contribution in [-0.4, -0.2) is 29.7 Å². The number of carbonyl (C=O) groups is 1. The summed E-state index contributed by atoms with van der Waals surface area (Å²) in [7, 11) is 0. The first-order valence-electron chi connectivity index (χ1n) is 7.75. The monoisotopic (exact) mass is 355 g/mol. The van der Waals surface area contributed by atoms with Crippen molar-refractivity contribution in [2.24, 2.45) is 5.92 Å². The molecule has 5 heteroatoms. The van der Waals surface area contributed by atoms with Crippen molar-refractivity contribution in [3.63, 3.8) is 0 Å². The topological polar surface area (TPSA) is 29.5 Å². The Morgan fingerprint density at radius 2 is 2.04 bits per heavy atom. The Kier molecular flexibility index (Phi) is 5.64. The molecule has 2 atom stereocenters. The van der Waals surface area contributed by atoms with Crippen LogP contribution in [0.4, 0.5) is 4.79 Å². The molecule has 0 spiro atoms. The number of carbonyl (C=O) groups excluding carboxylic acids is 1. The maximum absolute atomic E-state index is 12.3. The summed E-state index contributed by atoms with van der Waals surface area (Å²) in [5, 5.41) is 1.08. The fraction of sp³-hybridized carbons (Fsp3) is 0.500. The van der Waals surface area contributed by atoms with Crippen LogP contribution < -0.4 is 0 Å². The highest BCUT2D eigenvalue weighted by Gasteiger charge is 2.37. The number of likely N-dealkylation sites (tertiary alicyclic amines) is 1. The van der Waals surface area contributed by atoms with Gasteiger partial charge >= 0.3 is 6.09 Å². The summed E-state index contributed by atoms with van der Waals surface area (Å²) in [5.41, 5.74) is 0.601. The van der Waals surface area contributed by atoms with E-state index in [9.17, 15) is 4.79 Å². The summed E-state index contributed by atoms with van der Waals surface area (Å²) < 4.78 is 5.49. The summed E-state index contributed by atoms with van der Waals surface area (Å²) in [6, 6.07) is 5.68. The summed E-state index contributed by atoms with van der Waals surface area (Å²) in [6.07, 6.45) is 2.46. The first-order valence-corrected chi connectivity index (χ1v) is 8.50. The van der Waals surface area contributed by atoms with Crippen LogP contribution in [0, 0.1) is 5.92 Å². The SMILES string of the molecule is C=CCC1CN(C(=O)OC(C)(C)C)CC1c1ccc(Cl)c(Cl)c1. The molecule has 1 fully saturated rings. The van der Waals surface area contributed by atoms with Crippen molar-refractivity contribution in [1.29, 1.82) is 0 Å². The molecule has 1 aromatic carbocycles. The van der Waals surface area contributed by atoms with Gasteiger partial charge in [-0.1, -0.05) is 35.3 Å². The van der Waals surface area contributed by atoms with Crippen molar-refractivity contribution in [2.75, 3.05) is 13.1 Å². The van der Waals surface area contributed by atoms with Gasteiger partial charge in [0.15, 0.2) is 0 Å². The molecule has 0 bridgehead atoms. The summed E-state index contributed by atoms with van der Waals surface area (Å²) in [4.78, 5) is 14.1. The minimum atomic E-state index is -0.493. The fourth-order valence-electron chi connectivity index (χ4n) is 2.92. The largest absolute Gasteiger partial charge is 0.444 e. The second-order valence-electron chi connectivity index (χ2n) is 6.95. The van der Waals surface area contributed by atoms with Gasteiger partial charge in [0.05, 0.1) is 10.0 Å². The molecule has 23 heavy (non-hydrogen) atoms. The third kappa shape index (κ3) is 4.65. The number of amides is 1. The number of nitrogens with zero attached hydrogens (tertiary/aromatic N) is 1. The highest BCUT2D eigenvalue weighted by molar-refractivity contribution is 6.42. The summed E-state index contributed by atoms with van der Waals surface area (Å²) in [6.45, 7) is 10.7. The number of halogens is 2. The van der Waals surface area contributed by atoms with Crippen LogP contribution in [0.5, 0.6) is 0 Å². The Balaban J connectivity index is 2.19. The zero-order valence-corrected chi connectivity index (χ0v) is 15.3. The lowest BCUT2D eigenvalue weighted by atomic mass is 9.87. The van der Waals surface area contributed by atoms with Gasteiger partial charge in [0.2, 0.25) is 0 Å². The van der Waals surface area contributed by atoms with Gasteiger partial charge in [-0.3, -0.25) is 0 Å². The molecule has 0 saturated carbocycles. The van der Waals surface area contributed by atoms with Gasteiger partial charge < -0.3 is 9.64 Å². The maximum Gasteiger partial charge on any atom is 0.410 e. The van der Waals surface area contributed by atoms with Gasteiger partial charge in [0, 0.05) is 19.0 Å². The Morgan fingerprint density at radius 1 is 1.35 bits per heavy atom. The molecular weight excluding hydrogens is 333 g/mol. The van der Waals surface area contributed by atoms with Gasteiger partial charge in [-0.05, 0) is 50.8 Å². The van der Waals surface area contributed by atoms with Gasteiger partial charge in [-0.25, -0.2) is 4.79 Å². The van der Waals surface area contributed by atoms with Crippen LogP contribution >= 0.6 is 23.2 Å². The molecule has 1 heterocycles. The second-order valence-corrected chi connectivity index (χ2v) is 7.76. The van der Waals surface area contributed by atoms with Crippen LogP contribution in [-0.2, 0) is 4.74 Å². The predicted octanol–water partition coefficient (Wildman–Crippen LogP) is 5.52. The standard InChI is InChI=1S/C18H23Cl2NO2/c1-5-6-13-10-21(17(22)23-18(2,3)4)11-14(13)12-7-8-15(19)16(20)9-12/h5,7-9,13-14H,1,6,10-11H2,2-4H3.